The Labute approximate surface area is 88.3 Å². The highest BCUT2D eigenvalue weighted by atomic mass is 79.9. The first kappa shape index (κ1) is 10.7. The van der Waals surface area contributed by atoms with Crippen LogP contribution in [0, 0.1) is 11.6 Å². The lowest BCUT2D eigenvalue weighted by Crippen LogP contribution is -1.92. The van der Waals surface area contributed by atoms with Crippen LogP contribution in [-0.2, 0) is 6.42 Å². The average Bonchev–Trinajstić information content (AvgIpc) is 1.99. The zero-order valence-corrected chi connectivity index (χ0v) is 8.92. The van der Waals surface area contributed by atoms with Gasteiger partial charge in [0, 0.05) is 11.5 Å². The van der Waals surface area contributed by atoms with Gasteiger partial charge in [-0.1, -0.05) is 18.2 Å². The Morgan fingerprint density at radius 3 is 2.54 bits per heavy atom. The summed E-state index contributed by atoms with van der Waals surface area (Å²) in [5.74, 6) is -0.996. The fraction of sp³-hybridized carbons (Fsp3) is 0.111. The maximum Gasteiger partial charge on any atom is 0.137 e. The van der Waals surface area contributed by atoms with Crippen molar-refractivity contribution in [3.05, 3.63) is 45.4 Å². The monoisotopic (exact) mass is 266 g/mol. The van der Waals surface area contributed by atoms with Gasteiger partial charge in [0.2, 0.25) is 0 Å². The van der Waals surface area contributed by atoms with E-state index in [1.54, 1.807) is 0 Å². The first-order valence-electron chi connectivity index (χ1n) is 3.47. The molecule has 0 fully saturated rings. The summed E-state index contributed by atoms with van der Waals surface area (Å²) in [6.07, 6.45) is 0.136. The molecular weight excluding hydrogens is 261 g/mol. The predicted molar refractivity (Wildman–Crippen MR) is 52.8 cm³/mol. The van der Waals surface area contributed by atoms with E-state index < -0.39 is 11.6 Å². The Morgan fingerprint density at radius 2 is 2.00 bits per heavy atom. The molecule has 0 aliphatic rings. The normalized spacial score (nSPS) is 10.2. The molecule has 13 heavy (non-hydrogen) atoms. The standard InChI is InChI=1S/C9H6BrClF2/c1-5(11)2-6-3-9(13)7(10)4-8(6)12/h3-4H,1-2H2. The van der Waals surface area contributed by atoms with E-state index in [9.17, 15) is 8.78 Å². The van der Waals surface area contributed by atoms with Crippen LogP contribution < -0.4 is 0 Å². The summed E-state index contributed by atoms with van der Waals surface area (Å²) < 4.78 is 26.1. The first-order chi connectivity index (χ1) is 6.00. The van der Waals surface area contributed by atoms with Crippen molar-refractivity contribution in [1.29, 1.82) is 0 Å². The molecule has 1 rings (SSSR count). The van der Waals surface area contributed by atoms with Crippen molar-refractivity contribution >= 4 is 27.5 Å². The van der Waals surface area contributed by atoms with Gasteiger partial charge in [-0.3, -0.25) is 0 Å². The first-order valence-corrected chi connectivity index (χ1v) is 4.64. The van der Waals surface area contributed by atoms with Crippen molar-refractivity contribution in [3.8, 4) is 0 Å². The highest BCUT2D eigenvalue weighted by molar-refractivity contribution is 9.10. The van der Waals surface area contributed by atoms with E-state index in [1.807, 2.05) is 0 Å². The van der Waals surface area contributed by atoms with Gasteiger partial charge in [-0.2, -0.15) is 0 Å². The molecule has 0 aromatic heterocycles. The molecule has 1 aromatic rings. The Balaban J connectivity index is 3.08. The molecule has 0 heterocycles. The molecule has 0 spiro atoms. The molecule has 0 aliphatic carbocycles. The van der Waals surface area contributed by atoms with Gasteiger partial charge in [0.05, 0.1) is 4.47 Å². The Hall–Kier alpha value is -0.410. The number of halogens is 4. The predicted octanol–water partition coefficient (Wildman–Crippen LogP) is 4.02. The zero-order chi connectivity index (χ0) is 10.0. The lowest BCUT2D eigenvalue weighted by molar-refractivity contribution is 0.584. The summed E-state index contributed by atoms with van der Waals surface area (Å²) in [4.78, 5) is 0. The average molecular weight is 268 g/mol. The summed E-state index contributed by atoms with van der Waals surface area (Å²) in [5, 5.41) is 0.278. The minimum atomic E-state index is -0.505. The maximum absolute atomic E-state index is 13.1. The van der Waals surface area contributed by atoms with Gasteiger partial charge < -0.3 is 0 Å². The Kier molecular flexibility index (Phi) is 3.45. The van der Waals surface area contributed by atoms with E-state index in [-0.39, 0.29) is 21.5 Å². The quantitative estimate of drug-likeness (QED) is 0.710. The minimum absolute atomic E-state index is 0.105. The molecule has 0 radical (unpaired) electrons. The lowest BCUT2D eigenvalue weighted by Gasteiger charge is -2.02. The van der Waals surface area contributed by atoms with E-state index in [1.165, 1.54) is 0 Å². The number of allylic oxidation sites excluding steroid dienone is 1. The molecule has 1 aromatic carbocycles. The highest BCUT2D eigenvalue weighted by Gasteiger charge is 2.08. The molecule has 4 heteroatoms. The topological polar surface area (TPSA) is 0 Å². The van der Waals surface area contributed by atoms with E-state index in [0.717, 1.165) is 12.1 Å². The summed E-state index contributed by atoms with van der Waals surface area (Å²) in [7, 11) is 0. The van der Waals surface area contributed by atoms with Crippen molar-refractivity contribution in [2.45, 2.75) is 6.42 Å². The number of rotatable bonds is 2. The molecule has 70 valence electrons. The third-order valence-electron chi connectivity index (χ3n) is 1.47. The van der Waals surface area contributed by atoms with Gasteiger partial charge in [0.25, 0.3) is 0 Å². The summed E-state index contributed by atoms with van der Waals surface area (Å²) in [6.45, 7) is 3.41. The molecule has 0 saturated heterocycles. The Bertz CT molecular complexity index is 350. The van der Waals surface area contributed by atoms with Crippen LogP contribution in [0.25, 0.3) is 0 Å². The van der Waals surface area contributed by atoms with E-state index in [0.29, 0.717) is 0 Å². The molecular formula is C9H6BrClF2. The fourth-order valence-corrected chi connectivity index (χ4v) is 1.37. The van der Waals surface area contributed by atoms with Crippen LogP contribution in [-0.4, -0.2) is 0 Å². The largest absolute Gasteiger partial charge is 0.207 e. The third-order valence-corrected chi connectivity index (χ3v) is 2.21. The highest BCUT2D eigenvalue weighted by Crippen LogP contribution is 2.22. The van der Waals surface area contributed by atoms with Gasteiger partial charge >= 0.3 is 0 Å². The summed E-state index contributed by atoms with van der Waals surface area (Å²) in [6, 6.07) is 2.18. The van der Waals surface area contributed by atoms with Crippen molar-refractivity contribution in [2.75, 3.05) is 0 Å². The molecule has 0 atom stereocenters. The minimum Gasteiger partial charge on any atom is -0.207 e. The fourth-order valence-electron chi connectivity index (χ4n) is 0.906. The van der Waals surface area contributed by atoms with Gasteiger partial charge in [0.1, 0.15) is 11.6 Å². The van der Waals surface area contributed by atoms with Crippen molar-refractivity contribution in [3.63, 3.8) is 0 Å². The van der Waals surface area contributed by atoms with Crippen LogP contribution in [0.5, 0.6) is 0 Å². The molecule has 0 unspecified atom stereocenters. The smallest absolute Gasteiger partial charge is 0.137 e. The second-order valence-corrected chi connectivity index (χ2v) is 3.94. The van der Waals surface area contributed by atoms with Crippen LogP contribution in [0.4, 0.5) is 8.78 Å². The van der Waals surface area contributed by atoms with Gasteiger partial charge in [-0.05, 0) is 33.6 Å². The van der Waals surface area contributed by atoms with Crippen LogP contribution in [0.2, 0.25) is 0 Å². The Morgan fingerprint density at radius 1 is 1.38 bits per heavy atom. The van der Waals surface area contributed by atoms with Crippen LogP contribution in [0.1, 0.15) is 5.56 Å². The molecule has 0 bridgehead atoms. The molecule has 0 amide bonds. The van der Waals surface area contributed by atoms with E-state index in [4.69, 9.17) is 11.6 Å². The second-order valence-electron chi connectivity index (χ2n) is 2.55. The van der Waals surface area contributed by atoms with E-state index in [2.05, 4.69) is 22.5 Å². The van der Waals surface area contributed by atoms with Crippen molar-refractivity contribution in [1.82, 2.24) is 0 Å². The molecule has 0 saturated carbocycles. The van der Waals surface area contributed by atoms with Gasteiger partial charge in [0.15, 0.2) is 0 Å². The van der Waals surface area contributed by atoms with Crippen molar-refractivity contribution in [2.24, 2.45) is 0 Å². The number of hydrogen-bond donors (Lipinski definition) is 0. The van der Waals surface area contributed by atoms with Gasteiger partial charge in [-0.25, -0.2) is 8.78 Å². The van der Waals surface area contributed by atoms with Gasteiger partial charge in [-0.15, -0.1) is 0 Å². The maximum atomic E-state index is 13.1. The molecule has 0 aliphatic heterocycles. The molecule has 0 N–H and O–H groups in total. The summed E-state index contributed by atoms with van der Waals surface area (Å²) in [5.41, 5.74) is 0.209. The van der Waals surface area contributed by atoms with Crippen molar-refractivity contribution < 1.29 is 8.78 Å². The number of benzene rings is 1. The van der Waals surface area contributed by atoms with Crippen LogP contribution in [0.3, 0.4) is 0 Å². The van der Waals surface area contributed by atoms with Crippen LogP contribution >= 0.6 is 27.5 Å². The lowest BCUT2D eigenvalue weighted by atomic mass is 10.1. The third kappa shape index (κ3) is 2.78. The van der Waals surface area contributed by atoms with E-state index >= 15 is 0 Å². The SMILES string of the molecule is C=C(Cl)Cc1cc(F)c(Br)cc1F. The number of hydrogen-bond acceptors (Lipinski definition) is 0. The second kappa shape index (κ2) is 4.20. The zero-order valence-electron chi connectivity index (χ0n) is 6.58. The molecule has 0 nitrogen and oxygen atoms in total. The van der Waals surface area contributed by atoms with Crippen LogP contribution in [0.15, 0.2) is 28.2 Å². The summed E-state index contributed by atoms with van der Waals surface area (Å²) >= 11 is 8.36.